The molecule has 1 saturated heterocycles. The van der Waals surface area contributed by atoms with Crippen LogP contribution in [0.3, 0.4) is 0 Å². The van der Waals surface area contributed by atoms with Gasteiger partial charge in [-0.3, -0.25) is 0 Å². The zero-order chi connectivity index (χ0) is 15.2. The van der Waals surface area contributed by atoms with Crippen LogP contribution in [0, 0.1) is 24.2 Å². The minimum atomic E-state index is 0.0394. The fourth-order valence-corrected chi connectivity index (χ4v) is 6.08. The predicted octanol–water partition coefficient (Wildman–Crippen LogP) is 4.92. The van der Waals surface area contributed by atoms with Gasteiger partial charge in [-0.1, -0.05) is 43.7 Å². The summed E-state index contributed by atoms with van der Waals surface area (Å²) >= 11 is 0. The van der Waals surface area contributed by atoms with Crippen molar-refractivity contribution in [1.29, 1.82) is 0 Å². The van der Waals surface area contributed by atoms with Gasteiger partial charge in [0, 0.05) is 12.3 Å². The van der Waals surface area contributed by atoms with E-state index in [-0.39, 0.29) is 11.2 Å². The van der Waals surface area contributed by atoms with Crippen molar-refractivity contribution in [2.45, 2.75) is 64.1 Å². The average Bonchev–Trinajstić information content (AvgIpc) is 3.05. The largest absolute Gasteiger partial charge is 0.357 e. The number of epoxide rings is 1. The van der Waals surface area contributed by atoms with Gasteiger partial charge in [0.05, 0.1) is 0 Å². The summed E-state index contributed by atoms with van der Waals surface area (Å²) in [4.78, 5) is 0. The first kappa shape index (κ1) is 13.4. The Morgan fingerprint density at radius 2 is 2.05 bits per heavy atom. The first-order valence-corrected chi connectivity index (χ1v) is 8.98. The van der Waals surface area contributed by atoms with E-state index in [0.29, 0.717) is 5.41 Å². The predicted molar refractivity (Wildman–Crippen MR) is 89.7 cm³/mol. The molecule has 0 bridgehead atoms. The zero-order valence-corrected chi connectivity index (χ0v) is 14.0. The summed E-state index contributed by atoms with van der Waals surface area (Å²) in [6.45, 7) is 7.19. The summed E-state index contributed by atoms with van der Waals surface area (Å²) < 4.78 is 6.63. The van der Waals surface area contributed by atoms with Crippen LogP contribution in [0.15, 0.2) is 24.3 Å². The van der Waals surface area contributed by atoms with Crippen molar-refractivity contribution in [2.24, 2.45) is 17.3 Å². The Morgan fingerprint density at radius 3 is 2.91 bits per heavy atom. The lowest BCUT2D eigenvalue weighted by Crippen LogP contribution is -2.46. The highest BCUT2D eigenvalue weighted by Gasteiger charge is 2.77. The molecule has 5 rings (SSSR count). The van der Waals surface area contributed by atoms with E-state index in [9.17, 15) is 0 Å². The Bertz CT molecular complexity index is 689. The van der Waals surface area contributed by atoms with Crippen LogP contribution in [-0.4, -0.2) is 11.2 Å². The average molecular weight is 294 g/mol. The van der Waals surface area contributed by atoms with Crippen LogP contribution in [0.5, 0.6) is 0 Å². The molecular weight excluding hydrogens is 268 g/mol. The molecule has 116 valence electrons. The van der Waals surface area contributed by atoms with E-state index < -0.39 is 0 Å². The van der Waals surface area contributed by atoms with Crippen LogP contribution < -0.4 is 0 Å². The monoisotopic (exact) mass is 294 g/mol. The Morgan fingerprint density at radius 1 is 1.18 bits per heavy atom. The van der Waals surface area contributed by atoms with Crippen molar-refractivity contribution in [3.05, 3.63) is 41.0 Å². The molecule has 5 unspecified atom stereocenters. The maximum Gasteiger partial charge on any atom is 0.120 e. The third kappa shape index (κ3) is 1.40. The molecule has 0 amide bonds. The molecule has 4 aliphatic rings. The highest BCUT2D eigenvalue weighted by Crippen LogP contribution is 2.72. The van der Waals surface area contributed by atoms with Gasteiger partial charge in [0.1, 0.15) is 11.2 Å². The Kier molecular flexibility index (Phi) is 2.35. The molecule has 1 heteroatoms. The van der Waals surface area contributed by atoms with Gasteiger partial charge in [-0.2, -0.15) is 0 Å². The minimum absolute atomic E-state index is 0.0394. The summed E-state index contributed by atoms with van der Waals surface area (Å²) in [6, 6.07) is 6.90. The van der Waals surface area contributed by atoms with E-state index >= 15 is 0 Å². The van der Waals surface area contributed by atoms with E-state index in [1.165, 1.54) is 42.4 Å². The van der Waals surface area contributed by atoms with Crippen LogP contribution in [-0.2, 0) is 11.2 Å². The van der Waals surface area contributed by atoms with Crippen LogP contribution in [0.4, 0.5) is 0 Å². The smallest absolute Gasteiger partial charge is 0.120 e. The molecule has 0 spiro atoms. The number of aryl methyl sites for hydroxylation is 1. The molecule has 1 nitrogen and oxygen atoms in total. The highest BCUT2D eigenvalue weighted by molar-refractivity contribution is 5.61. The van der Waals surface area contributed by atoms with Crippen molar-refractivity contribution in [3.8, 4) is 0 Å². The minimum Gasteiger partial charge on any atom is -0.357 e. The second-order valence-corrected chi connectivity index (χ2v) is 8.64. The second kappa shape index (κ2) is 3.87. The van der Waals surface area contributed by atoms with Crippen molar-refractivity contribution in [1.82, 2.24) is 0 Å². The number of fused-ring (bicyclic) bond motifs is 2. The number of hydrogen-bond donors (Lipinski definition) is 0. The topological polar surface area (TPSA) is 12.5 Å². The SMILES string of the molecule is Cc1ccc2c(c1)CC13CCC4(C)C(C)CCC4C1(C=C2)O3. The van der Waals surface area contributed by atoms with Crippen LogP contribution in [0.1, 0.15) is 56.2 Å². The molecule has 22 heavy (non-hydrogen) atoms. The molecule has 3 fully saturated rings. The Hall–Kier alpha value is -1.08. The van der Waals surface area contributed by atoms with Gasteiger partial charge in [0.2, 0.25) is 0 Å². The molecular formula is C21H26O. The number of hydrogen-bond acceptors (Lipinski definition) is 1. The molecule has 1 aromatic rings. The van der Waals surface area contributed by atoms with Crippen LogP contribution in [0.25, 0.3) is 6.08 Å². The number of ether oxygens (including phenoxy) is 1. The molecule has 0 radical (unpaired) electrons. The van der Waals surface area contributed by atoms with Crippen molar-refractivity contribution in [2.75, 3.05) is 0 Å². The summed E-state index contributed by atoms with van der Waals surface area (Å²) in [5.41, 5.74) is 4.90. The number of benzene rings is 1. The van der Waals surface area contributed by atoms with Gasteiger partial charge < -0.3 is 4.74 Å². The third-order valence-corrected chi connectivity index (χ3v) is 7.72. The summed E-state index contributed by atoms with van der Waals surface area (Å²) in [7, 11) is 0. The van der Waals surface area contributed by atoms with Gasteiger partial charge in [-0.25, -0.2) is 0 Å². The van der Waals surface area contributed by atoms with Crippen molar-refractivity contribution in [3.63, 3.8) is 0 Å². The van der Waals surface area contributed by atoms with E-state index in [2.05, 4.69) is 51.1 Å². The Balaban J connectivity index is 1.61. The summed E-state index contributed by atoms with van der Waals surface area (Å²) in [6.07, 6.45) is 11.2. The van der Waals surface area contributed by atoms with Crippen LogP contribution in [0.2, 0.25) is 0 Å². The highest BCUT2D eigenvalue weighted by atomic mass is 16.6. The van der Waals surface area contributed by atoms with Crippen molar-refractivity contribution < 1.29 is 4.74 Å². The third-order valence-electron chi connectivity index (χ3n) is 7.72. The maximum absolute atomic E-state index is 6.63. The lowest BCUT2D eigenvalue weighted by molar-refractivity contribution is 0.0844. The van der Waals surface area contributed by atoms with E-state index in [0.717, 1.165) is 18.3 Å². The Labute approximate surface area is 133 Å². The van der Waals surface area contributed by atoms with Gasteiger partial charge >= 0.3 is 0 Å². The molecule has 3 aliphatic carbocycles. The first-order chi connectivity index (χ1) is 10.5. The van der Waals surface area contributed by atoms with Gasteiger partial charge in [0.25, 0.3) is 0 Å². The maximum atomic E-state index is 6.63. The fraction of sp³-hybridized carbons (Fsp3) is 0.619. The fourth-order valence-electron chi connectivity index (χ4n) is 6.08. The summed E-state index contributed by atoms with van der Waals surface area (Å²) in [5, 5.41) is 0. The quantitative estimate of drug-likeness (QED) is 0.619. The molecule has 1 heterocycles. The molecule has 1 aliphatic heterocycles. The van der Waals surface area contributed by atoms with E-state index in [4.69, 9.17) is 4.74 Å². The van der Waals surface area contributed by atoms with Gasteiger partial charge in [-0.15, -0.1) is 0 Å². The molecule has 5 atom stereocenters. The first-order valence-electron chi connectivity index (χ1n) is 8.98. The van der Waals surface area contributed by atoms with Gasteiger partial charge in [0.15, 0.2) is 0 Å². The van der Waals surface area contributed by atoms with Crippen molar-refractivity contribution >= 4 is 6.08 Å². The summed E-state index contributed by atoms with van der Waals surface area (Å²) in [5.74, 6) is 1.56. The zero-order valence-electron chi connectivity index (χ0n) is 14.0. The lowest BCUT2D eigenvalue weighted by atomic mass is 9.58. The standard InChI is InChI=1S/C21H26O/c1-14-4-6-16-8-9-21-18-7-5-15(2)19(18,3)10-11-20(21,22-21)13-17(16)12-14/h4,6,8-9,12,15,18H,5,7,10-11,13H2,1-3H3. The van der Waals surface area contributed by atoms with Gasteiger partial charge in [-0.05, 0) is 61.1 Å². The normalized spacial score (nSPS) is 48.0. The van der Waals surface area contributed by atoms with E-state index in [1.807, 2.05) is 0 Å². The molecule has 1 aromatic carbocycles. The van der Waals surface area contributed by atoms with E-state index in [1.54, 1.807) is 0 Å². The molecule has 0 aromatic heterocycles. The lowest BCUT2D eigenvalue weighted by Gasteiger charge is -2.43. The number of rotatable bonds is 0. The molecule has 2 saturated carbocycles. The second-order valence-electron chi connectivity index (χ2n) is 8.64. The van der Waals surface area contributed by atoms with Crippen LogP contribution >= 0.6 is 0 Å². The molecule has 0 N–H and O–H groups in total.